The lowest BCUT2D eigenvalue weighted by molar-refractivity contribution is -0.380. The minimum absolute atomic E-state index is 0.0271. The fourth-order valence-electron chi connectivity index (χ4n) is 1.65. The molecular weight excluding hydrogens is 264 g/mol. The molecule has 1 aromatic carbocycles. The molecule has 0 bridgehead atoms. The van der Waals surface area contributed by atoms with Gasteiger partial charge in [0.05, 0.1) is 10.5 Å². The van der Waals surface area contributed by atoms with Crippen LogP contribution in [0.3, 0.4) is 0 Å². The number of carbonyl (C=O) groups excluding carboxylic acids is 1. The van der Waals surface area contributed by atoms with Gasteiger partial charge in [0.1, 0.15) is 0 Å². The van der Waals surface area contributed by atoms with E-state index in [1.54, 1.807) is 0 Å². The second kappa shape index (κ2) is 5.62. The van der Waals surface area contributed by atoms with Gasteiger partial charge in [0.25, 0.3) is 5.91 Å². The van der Waals surface area contributed by atoms with Crippen LogP contribution in [0.2, 0.25) is 0 Å². The molecule has 0 aliphatic heterocycles. The second-order valence-electron chi connectivity index (χ2n) is 4.10. The SMILES string of the molecule is Cc1cccc(CNC(=O)c2csc([N+](=O)[O-])c2)c1. The van der Waals surface area contributed by atoms with Crippen LogP contribution in [0.15, 0.2) is 35.7 Å². The highest BCUT2D eigenvalue weighted by Gasteiger charge is 2.14. The smallest absolute Gasteiger partial charge is 0.324 e. The summed E-state index contributed by atoms with van der Waals surface area (Å²) in [5.74, 6) is -0.300. The Morgan fingerprint density at radius 2 is 2.21 bits per heavy atom. The summed E-state index contributed by atoms with van der Waals surface area (Å²) in [7, 11) is 0. The van der Waals surface area contributed by atoms with Crippen molar-refractivity contribution in [3.8, 4) is 0 Å². The summed E-state index contributed by atoms with van der Waals surface area (Å²) < 4.78 is 0. The second-order valence-corrected chi connectivity index (χ2v) is 4.99. The highest BCUT2D eigenvalue weighted by atomic mass is 32.1. The van der Waals surface area contributed by atoms with Crippen molar-refractivity contribution in [1.82, 2.24) is 5.32 Å². The summed E-state index contributed by atoms with van der Waals surface area (Å²) >= 11 is 0.950. The van der Waals surface area contributed by atoms with Crippen LogP contribution in [0.1, 0.15) is 21.5 Å². The summed E-state index contributed by atoms with van der Waals surface area (Å²) in [6.07, 6.45) is 0. The lowest BCUT2D eigenvalue weighted by Gasteiger charge is -2.04. The van der Waals surface area contributed by atoms with Crippen molar-refractivity contribution in [1.29, 1.82) is 0 Å². The van der Waals surface area contributed by atoms with E-state index in [0.29, 0.717) is 12.1 Å². The van der Waals surface area contributed by atoms with E-state index in [9.17, 15) is 14.9 Å². The molecule has 5 nitrogen and oxygen atoms in total. The summed E-state index contributed by atoms with van der Waals surface area (Å²) in [4.78, 5) is 21.9. The Balaban J connectivity index is 1.99. The van der Waals surface area contributed by atoms with Crippen LogP contribution in [0, 0.1) is 17.0 Å². The summed E-state index contributed by atoms with van der Waals surface area (Å²) in [5, 5.41) is 14.7. The predicted octanol–water partition coefficient (Wildman–Crippen LogP) is 2.89. The molecule has 0 fully saturated rings. The monoisotopic (exact) mass is 276 g/mol. The number of carbonyl (C=O) groups is 1. The maximum Gasteiger partial charge on any atom is 0.324 e. The average molecular weight is 276 g/mol. The molecule has 1 N–H and O–H groups in total. The summed E-state index contributed by atoms with van der Waals surface area (Å²) in [6, 6.07) is 9.09. The lowest BCUT2D eigenvalue weighted by atomic mass is 10.1. The molecule has 0 saturated heterocycles. The first-order chi connectivity index (χ1) is 9.06. The molecule has 2 aromatic rings. The van der Waals surface area contributed by atoms with E-state index in [0.717, 1.165) is 22.5 Å². The fraction of sp³-hybridized carbons (Fsp3) is 0.154. The normalized spacial score (nSPS) is 10.2. The first-order valence-corrected chi connectivity index (χ1v) is 6.51. The van der Waals surface area contributed by atoms with Crippen molar-refractivity contribution >= 4 is 22.2 Å². The third kappa shape index (κ3) is 3.38. The molecule has 0 radical (unpaired) electrons. The number of hydrogen-bond donors (Lipinski definition) is 1. The maximum atomic E-state index is 11.8. The zero-order chi connectivity index (χ0) is 13.8. The van der Waals surface area contributed by atoms with Gasteiger partial charge in [-0.2, -0.15) is 0 Å². The number of amides is 1. The summed E-state index contributed by atoms with van der Waals surface area (Å²) in [5.41, 5.74) is 2.44. The number of aryl methyl sites for hydroxylation is 1. The van der Waals surface area contributed by atoms with E-state index >= 15 is 0 Å². The standard InChI is InChI=1S/C13H12N2O3S/c1-9-3-2-4-10(5-9)7-14-13(16)11-6-12(15(17)18)19-8-11/h2-6,8H,7H2,1H3,(H,14,16). The van der Waals surface area contributed by atoms with Gasteiger partial charge in [0, 0.05) is 18.0 Å². The Morgan fingerprint density at radius 3 is 2.84 bits per heavy atom. The van der Waals surface area contributed by atoms with Gasteiger partial charge in [-0.3, -0.25) is 14.9 Å². The Bertz CT molecular complexity index is 622. The van der Waals surface area contributed by atoms with Gasteiger partial charge in [0.2, 0.25) is 0 Å². The van der Waals surface area contributed by atoms with Gasteiger partial charge in [0.15, 0.2) is 0 Å². The molecule has 2 rings (SSSR count). The van der Waals surface area contributed by atoms with E-state index in [1.807, 2.05) is 31.2 Å². The number of hydrogen-bond acceptors (Lipinski definition) is 4. The molecule has 0 spiro atoms. The Hall–Kier alpha value is -2.21. The molecule has 0 aliphatic rings. The van der Waals surface area contributed by atoms with Crippen molar-refractivity contribution in [2.75, 3.05) is 0 Å². The molecule has 6 heteroatoms. The highest BCUT2D eigenvalue weighted by Crippen LogP contribution is 2.22. The number of nitrogens with one attached hydrogen (secondary N) is 1. The maximum absolute atomic E-state index is 11.8. The van der Waals surface area contributed by atoms with Crippen molar-refractivity contribution < 1.29 is 9.72 Å². The number of thiophene rings is 1. The molecule has 1 aromatic heterocycles. The first-order valence-electron chi connectivity index (χ1n) is 5.63. The van der Waals surface area contributed by atoms with Crippen molar-refractivity contribution in [3.63, 3.8) is 0 Å². The lowest BCUT2D eigenvalue weighted by Crippen LogP contribution is -2.22. The molecular formula is C13H12N2O3S. The predicted molar refractivity (Wildman–Crippen MR) is 73.3 cm³/mol. The number of rotatable bonds is 4. The van der Waals surface area contributed by atoms with E-state index < -0.39 is 4.92 Å². The minimum Gasteiger partial charge on any atom is -0.348 e. The van der Waals surface area contributed by atoms with E-state index in [-0.39, 0.29) is 10.9 Å². The topological polar surface area (TPSA) is 72.2 Å². The third-order valence-corrected chi connectivity index (χ3v) is 3.44. The molecule has 0 aliphatic carbocycles. The molecule has 0 atom stereocenters. The highest BCUT2D eigenvalue weighted by molar-refractivity contribution is 7.13. The third-order valence-electron chi connectivity index (χ3n) is 2.56. The first kappa shape index (κ1) is 13.2. The molecule has 19 heavy (non-hydrogen) atoms. The van der Waals surface area contributed by atoms with Gasteiger partial charge >= 0.3 is 5.00 Å². The Labute approximate surface area is 114 Å². The van der Waals surface area contributed by atoms with Gasteiger partial charge in [-0.25, -0.2) is 0 Å². The summed E-state index contributed by atoms with van der Waals surface area (Å²) in [6.45, 7) is 2.39. The van der Waals surface area contributed by atoms with Crippen LogP contribution in [0.5, 0.6) is 0 Å². The van der Waals surface area contributed by atoms with Crippen molar-refractivity contribution in [3.05, 3.63) is 62.5 Å². The van der Waals surface area contributed by atoms with Gasteiger partial charge in [-0.15, -0.1) is 0 Å². The zero-order valence-electron chi connectivity index (χ0n) is 10.3. The van der Waals surface area contributed by atoms with Crippen molar-refractivity contribution in [2.45, 2.75) is 13.5 Å². The zero-order valence-corrected chi connectivity index (χ0v) is 11.1. The average Bonchev–Trinajstić information content (AvgIpc) is 2.86. The van der Waals surface area contributed by atoms with Crippen LogP contribution < -0.4 is 5.32 Å². The van der Waals surface area contributed by atoms with Gasteiger partial charge in [-0.05, 0) is 12.5 Å². The molecule has 1 amide bonds. The van der Waals surface area contributed by atoms with Crippen LogP contribution >= 0.6 is 11.3 Å². The Kier molecular flexibility index (Phi) is 3.91. The van der Waals surface area contributed by atoms with Gasteiger partial charge < -0.3 is 5.32 Å². The number of nitrogens with zero attached hydrogens (tertiary/aromatic N) is 1. The largest absolute Gasteiger partial charge is 0.348 e. The van der Waals surface area contributed by atoms with Crippen LogP contribution in [0.25, 0.3) is 0 Å². The van der Waals surface area contributed by atoms with Crippen LogP contribution in [0.4, 0.5) is 5.00 Å². The fourth-order valence-corrected chi connectivity index (χ4v) is 2.35. The number of nitro groups is 1. The molecule has 0 saturated carbocycles. The molecule has 1 heterocycles. The number of benzene rings is 1. The van der Waals surface area contributed by atoms with Crippen LogP contribution in [-0.4, -0.2) is 10.8 Å². The molecule has 98 valence electrons. The van der Waals surface area contributed by atoms with Gasteiger partial charge in [-0.1, -0.05) is 41.2 Å². The Morgan fingerprint density at radius 1 is 1.42 bits per heavy atom. The van der Waals surface area contributed by atoms with Crippen molar-refractivity contribution in [2.24, 2.45) is 0 Å². The van der Waals surface area contributed by atoms with Crippen LogP contribution in [-0.2, 0) is 6.54 Å². The van der Waals surface area contributed by atoms with E-state index in [4.69, 9.17) is 0 Å². The van der Waals surface area contributed by atoms with E-state index in [1.165, 1.54) is 11.4 Å². The quantitative estimate of drug-likeness (QED) is 0.689. The molecule has 0 unspecified atom stereocenters. The minimum atomic E-state index is -0.498. The van der Waals surface area contributed by atoms with E-state index in [2.05, 4.69) is 5.32 Å².